The van der Waals surface area contributed by atoms with Crippen LogP contribution in [0.5, 0.6) is 0 Å². The standard InChI is InChI=1S/C23H29N3O4/c1-5-15-7-11-17(12-8-15)19-21(25(27)28)23(3,4)22(26(29)30)20(24-19)18-13-9-16(6-2)10-14-18/h7-14,19-22,24H,5-6H2,1-4H3/p+1/t19-,20+,21+,22-. The summed E-state index contributed by atoms with van der Waals surface area (Å²) in [5, 5.41) is 26.1. The van der Waals surface area contributed by atoms with Crippen molar-refractivity contribution in [2.75, 3.05) is 0 Å². The van der Waals surface area contributed by atoms with E-state index < -0.39 is 29.6 Å². The van der Waals surface area contributed by atoms with Gasteiger partial charge in [0.1, 0.15) is 5.41 Å². The molecule has 4 atom stereocenters. The highest BCUT2D eigenvalue weighted by Crippen LogP contribution is 2.43. The Labute approximate surface area is 176 Å². The summed E-state index contributed by atoms with van der Waals surface area (Å²) in [7, 11) is 0. The van der Waals surface area contributed by atoms with Crippen molar-refractivity contribution in [1.29, 1.82) is 0 Å². The van der Waals surface area contributed by atoms with Crippen molar-refractivity contribution in [3.63, 3.8) is 0 Å². The van der Waals surface area contributed by atoms with E-state index in [1.54, 1.807) is 13.8 Å². The zero-order valence-electron chi connectivity index (χ0n) is 17.9. The fraction of sp³-hybridized carbons (Fsp3) is 0.478. The molecule has 0 bridgehead atoms. The molecule has 0 amide bonds. The topological polar surface area (TPSA) is 103 Å². The lowest BCUT2D eigenvalue weighted by Crippen LogP contribution is -2.96. The molecular weight excluding hydrogens is 382 g/mol. The van der Waals surface area contributed by atoms with Crippen molar-refractivity contribution in [3.05, 3.63) is 91.0 Å². The molecule has 0 spiro atoms. The molecule has 30 heavy (non-hydrogen) atoms. The lowest BCUT2D eigenvalue weighted by molar-refractivity contribution is -0.818. The summed E-state index contributed by atoms with van der Waals surface area (Å²) >= 11 is 0. The highest BCUT2D eigenvalue weighted by molar-refractivity contribution is 5.28. The minimum Gasteiger partial charge on any atom is -0.322 e. The molecule has 1 aliphatic heterocycles. The van der Waals surface area contributed by atoms with Crippen LogP contribution in [0.25, 0.3) is 0 Å². The van der Waals surface area contributed by atoms with Crippen molar-refractivity contribution in [1.82, 2.24) is 0 Å². The molecule has 1 aliphatic rings. The van der Waals surface area contributed by atoms with Crippen LogP contribution in [0.2, 0.25) is 0 Å². The van der Waals surface area contributed by atoms with Crippen LogP contribution in [-0.4, -0.2) is 21.9 Å². The van der Waals surface area contributed by atoms with Gasteiger partial charge in [-0.05, 0) is 37.8 Å². The molecule has 0 unspecified atom stereocenters. The van der Waals surface area contributed by atoms with Gasteiger partial charge in [-0.15, -0.1) is 0 Å². The molecule has 2 aromatic carbocycles. The lowest BCUT2D eigenvalue weighted by Gasteiger charge is -2.41. The zero-order chi connectivity index (χ0) is 22.1. The number of aryl methyl sites for hydroxylation is 2. The molecule has 0 saturated carbocycles. The number of quaternary nitrogens is 1. The second-order valence-electron chi connectivity index (χ2n) is 8.72. The quantitative estimate of drug-likeness (QED) is 0.579. The third-order valence-electron chi connectivity index (χ3n) is 6.62. The van der Waals surface area contributed by atoms with E-state index in [0.29, 0.717) is 0 Å². The Bertz CT molecular complexity index is 836. The monoisotopic (exact) mass is 412 g/mol. The van der Waals surface area contributed by atoms with Crippen LogP contribution in [0.3, 0.4) is 0 Å². The van der Waals surface area contributed by atoms with Crippen molar-refractivity contribution in [2.24, 2.45) is 5.41 Å². The molecule has 7 heteroatoms. The van der Waals surface area contributed by atoms with Crippen LogP contribution in [0.1, 0.15) is 62.0 Å². The average molecular weight is 413 g/mol. The number of nitrogens with zero attached hydrogens (tertiary/aromatic N) is 2. The minimum atomic E-state index is -1.13. The van der Waals surface area contributed by atoms with Crippen molar-refractivity contribution < 1.29 is 15.2 Å². The minimum absolute atomic E-state index is 0.332. The van der Waals surface area contributed by atoms with Gasteiger partial charge in [0.15, 0.2) is 12.1 Å². The van der Waals surface area contributed by atoms with Crippen molar-refractivity contribution in [3.8, 4) is 0 Å². The van der Waals surface area contributed by atoms with Gasteiger partial charge in [-0.25, -0.2) is 0 Å². The maximum atomic E-state index is 12.1. The smallest absolute Gasteiger partial charge is 0.279 e. The molecule has 1 fully saturated rings. The average Bonchev–Trinajstić information content (AvgIpc) is 2.71. The van der Waals surface area contributed by atoms with E-state index in [4.69, 9.17) is 0 Å². The fourth-order valence-electron chi connectivity index (χ4n) is 4.88. The maximum absolute atomic E-state index is 12.1. The van der Waals surface area contributed by atoms with E-state index in [1.165, 1.54) is 0 Å². The predicted octanol–water partition coefficient (Wildman–Crippen LogP) is 3.49. The van der Waals surface area contributed by atoms with Gasteiger partial charge in [0.2, 0.25) is 0 Å². The molecule has 1 heterocycles. The number of benzene rings is 2. The number of hydrogen-bond acceptors (Lipinski definition) is 4. The van der Waals surface area contributed by atoms with Crippen LogP contribution in [-0.2, 0) is 12.8 Å². The Morgan fingerprint density at radius 2 is 1.10 bits per heavy atom. The summed E-state index contributed by atoms with van der Waals surface area (Å²) < 4.78 is 0. The van der Waals surface area contributed by atoms with E-state index in [0.717, 1.165) is 35.1 Å². The molecule has 3 rings (SSSR count). The first kappa shape index (κ1) is 21.9. The van der Waals surface area contributed by atoms with Gasteiger partial charge < -0.3 is 5.32 Å². The summed E-state index contributed by atoms with van der Waals surface area (Å²) in [5.74, 6) is 0. The van der Waals surface area contributed by atoms with Crippen LogP contribution in [0.15, 0.2) is 48.5 Å². The third-order valence-corrected chi connectivity index (χ3v) is 6.62. The van der Waals surface area contributed by atoms with Gasteiger partial charge in [0, 0.05) is 21.0 Å². The van der Waals surface area contributed by atoms with Crippen LogP contribution in [0.4, 0.5) is 0 Å². The Morgan fingerprint density at radius 3 is 1.37 bits per heavy atom. The van der Waals surface area contributed by atoms with E-state index in [9.17, 15) is 20.2 Å². The second kappa shape index (κ2) is 8.52. The van der Waals surface area contributed by atoms with Gasteiger partial charge in [-0.2, -0.15) is 0 Å². The van der Waals surface area contributed by atoms with Gasteiger partial charge in [-0.1, -0.05) is 62.4 Å². The number of nitro groups is 2. The van der Waals surface area contributed by atoms with Gasteiger partial charge in [0.05, 0.1) is 0 Å². The number of piperidine rings is 1. The van der Waals surface area contributed by atoms with Gasteiger partial charge in [-0.3, -0.25) is 20.2 Å². The zero-order valence-corrected chi connectivity index (χ0v) is 17.9. The predicted molar refractivity (Wildman–Crippen MR) is 114 cm³/mol. The fourth-order valence-corrected chi connectivity index (χ4v) is 4.88. The van der Waals surface area contributed by atoms with Gasteiger partial charge in [0.25, 0.3) is 12.1 Å². The molecule has 0 aromatic heterocycles. The highest BCUT2D eigenvalue weighted by Gasteiger charge is 2.65. The Kier molecular flexibility index (Phi) is 6.22. The molecule has 1 saturated heterocycles. The molecular formula is C23H30N3O4+. The van der Waals surface area contributed by atoms with E-state index in [2.05, 4.69) is 13.8 Å². The first-order chi connectivity index (χ1) is 14.2. The molecule has 0 radical (unpaired) electrons. The Hall–Kier alpha value is -2.80. The summed E-state index contributed by atoms with van der Waals surface area (Å²) in [6.07, 6.45) is 1.77. The molecule has 7 nitrogen and oxygen atoms in total. The highest BCUT2D eigenvalue weighted by atomic mass is 16.6. The SMILES string of the molecule is CCc1ccc([C@H]2[NH2+][C@@H](c3ccc(CC)cc3)[C@@H]([N+](=O)[O-])C(C)(C)[C@H]2[N+](=O)[O-])cc1. The molecule has 2 N–H and O–H groups in total. The largest absolute Gasteiger partial charge is 0.322 e. The molecule has 0 aliphatic carbocycles. The van der Waals surface area contributed by atoms with Crippen LogP contribution < -0.4 is 5.32 Å². The molecule has 160 valence electrons. The summed E-state index contributed by atoms with van der Waals surface area (Å²) in [4.78, 5) is 23.6. The summed E-state index contributed by atoms with van der Waals surface area (Å²) in [6, 6.07) is 12.5. The Balaban J connectivity index is 2.11. The number of nitrogens with two attached hydrogens (primary N) is 1. The van der Waals surface area contributed by atoms with Crippen molar-refractivity contribution >= 4 is 0 Å². The first-order valence-corrected chi connectivity index (χ1v) is 10.5. The summed E-state index contributed by atoms with van der Waals surface area (Å²) in [6.45, 7) is 7.45. The van der Waals surface area contributed by atoms with Crippen LogP contribution in [0, 0.1) is 25.6 Å². The normalized spacial score (nSPS) is 25.6. The first-order valence-electron chi connectivity index (χ1n) is 10.5. The Morgan fingerprint density at radius 1 is 0.767 bits per heavy atom. The van der Waals surface area contributed by atoms with E-state index >= 15 is 0 Å². The molecule has 2 aromatic rings. The maximum Gasteiger partial charge on any atom is 0.279 e. The third kappa shape index (κ3) is 3.94. The lowest BCUT2D eigenvalue weighted by atomic mass is 9.66. The van der Waals surface area contributed by atoms with Gasteiger partial charge >= 0.3 is 0 Å². The van der Waals surface area contributed by atoms with Crippen molar-refractivity contribution in [2.45, 2.75) is 64.7 Å². The van der Waals surface area contributed by atoms with E-state index in [-0.39, 0.29) is 9.85 Å². The number of hydrogen-bond donors (Lipinski definition) is 1. The number of rotatable bonds is 6. The second-order valence-corrected chi connectivity index (χ2v) is 8.72. The van der Waals surface area contributed by atoms with E-state index in [1.807, 2.05) is 53.8 Å². The van der Waals surface area contributed by atoms with Crippen LogP contribution >= 0.6 is 0 Å². The summed E-state index contributed by atoms with van der Waals surface area (Å²) in [5.41, 5.74) is 2.84.